The second-order valence-electron chi connectivity index (χ2n) is 15.6. The molecule has 0 saturated heterocycles. The SMILES string of the molecule is C=CC(=O)OCC(CO)CCC[C@H]1CC[C@@]2(C)C(CCC3C2CC[C@@]2(C)C3CC[C@@H]2[C@H](C)CCCC(C)C)C1. The van der Waals surface area contributed by atoms with Gasteiger partial charge in [0.2, 0.25) is 0 Å². The van der Waals surface area contributed by atoms with Gasteiger partial charge in [-0.3, -0.25) is 0 Å². The van der Waals surface area contributed by atoms with Gasteiger partial charge in [0.15, 0.2) is 0 Å². The van der Waals surface area contributed by atoms with E-state index in [-0.39, 0.29) is 18.5 Å². The van der Waals surface area contributed by atoms with E-state index < -0.39 is 0 Å². The van der Waals surface area contributed by atoms with E-state index >= 15 is 0 Å². The molecule has 3 nitrogen and oxygen atoms in total. The topological polar surface area (TPSA) is 46.5 Å². The fourth-order valence-corrected chi connectivity index (χ4v) is 10.8. The number of esters is 1. The van der Waals surface area contributed by atoms with Gasteiger partial charge in [0.05, 0.1) is 6.61 Å². The van der Waals surface area contributed by atoms with Gasteiger partial charge < -0.3 is 9.84 Å². The first-order valence-electron chi connectivity index (χ1n) is 17.0. The molecule has 4 aliphatic rings. The van der Waals surface area contributed by atoms with Crippen molar-refractivity contribution in [2.24, 2.45) is 64.1 Å². The zero-order chi connectivity index (χ0) is 28.2. The Hall–Kier alpha value is -0.830. The van der Waals surface area contributed by atoms with Gasteiger partial charge in [-0.15, -0.1) is 0 Å². The zero-order valence-electron chi connectivity index (χ0n) is 26.3. The Morgan fingerprint density at radius 1 is 0.949 bits per heavy atom. The molecule has 10 atom stereocenters. The van der Waals surface area contributed by atoms with Crippen molar-refractivity contribution < 1.29 is 14.6 Å². The largest absolute Gasteiger partial charge is 0.462 e. The number of hydrogen-bond donors (Lipinski definition) is 1. The highest BCUT2D eigenvalue weighted by Crippen LogP contribution is 2.68. The Bertz CT molecular complexity index is 805. The average Bonchev–Trinajstić information content (AvgIpc) is 3.27. The molecular weight excluding hydrogens is 480 g/mol. The van der Waals surface area contributed by atoms with Crippen LogP contribution in [0.15, 0.2) is 12.7 Å². The molecule has 0 aromatic carbocycles. The molecule has 4 saturated carbocycles. The highest BCUT2D eigenvalue weighted by Gasteiger charge is 2.60. The molecule has 4 fully saturated rings. The molecule has 0 aromatic heterocycles. The Morgan fingerprint density at radius 2 is 1.69 bits per heavy atom. The standard InChI is InChI=1S/C36H62O3/c1-7-34(38)39-24-28(23-37)13-9-12-27-18-20-35(5)29(22-27)14-15-30-32-17-16-31(26(4)11-8-10-25(2)3)36(32,6)21-19-33(30)35/h7,25-33,37H,1,8-24H2,2-6H3/t26-,27+,28?,29?,30?,31-,32?,33?,35+,36-/m1/s1. The van der Waals surface area contributed by atoms with Crippen LogP contribution in [0.4, 0.5) is 0 Å². The third kappa shape index (κ3) is 6.81. The average molecular weight is 543 g/mol. The van der Waals surface area contributed by atoms with E-state index in [0.29, 0.717) is 17.4 Å². The van der Waals surface area contributed by atoms with Crippen molar-refractivity contribution in [3.63, 3.8) is 0 Å². The van der Waals surface area contributed by atoms with Gasteiger partial charge >= 0.3 is 5.97 Å². The van der Waals surface area contributed by atoms with Crippen LogP contribution in [0.2, 0.25) is 0 Å². The van der Waals surface area contributed by atoms with Gasteiger partial charge in [-0.25, -0.2) is 4.79 Å². The summed E-state index contributed by atoms with van der Waals surface area (Å²) in [6.45, 7) is 16.7. The number of fused-ring (bicyclic) bond motifs is 5. The maximum Gasteiger partial charge on any atom is 0.330 e. The molecule has 4 rings (SSSR count). The van der Waals surface area contributed by atoms with Crippen LogP contribution in [-0.4, -0.2) is 24.3 Å². The number of ether oxygens (including phenoxy) is 1. The van der Waals surface area contributed by atoms with E-state index in [1.165, 1.54) is 89.5 Å². The third-order valence-corrected chi connectivity index (χ3v) is 13.1. The summed E-state index contributed by atoms with van der Waals surface area (Å²) in [5.41, 5.74) is 1.16. The van der Waals surface area contributed by atoms with Gasteiger partial charge in [-0.1, -0.05) is 73.3 Å². The van der Waals surface area contributed by atoms with Crippen LogP contribution in [0.3, 0.4) is 0 Å². The molecule has 0 spiro atoms. The second kappa shape index (κ2) is 13.4. The van der Waals surface area contributed by atoms with Crippen LogP contribution in [-0.2, 0) is 9.53 Å². The van der Waals surface area contributed by atoms with E-state index in [1.54, 1.807) is 0 Å². The van der Waals surface area contributed by atoms with Crippen molar-refractivity contribution in [1.82, 2.24) is 0 Å². The molecule has 0 aliphatic heterocycles. The number of carbonyl (C=O) groups excluding carboxylic acids is 1. The monoisotopic (exact) mass is 542 g/mol. The predicted octanol–water partition coefficient (Wildman–Crippen LogP) is 9.23. The van der Waals surface area contributed by atoms with E-state index in [2.05, 4.69) is 41.2 Å². The molecule has 39 heavy (non-hydrogen) atoms. The lowest BCUT2D eigenvalue weighted by Crippen LogP contribution is -2.53. The van der Waals surface area contributed by atoms with E-state index in [4.69, 9.17) is 4.74 Å². The van der Waals surface area contributed by atoms with Gasteiger partial charge in [-0.2, -0.15) is 0 Å². The number of carbonyl (C=O) groups is 1. The maximum absolute atomic E-state index is 11.4. The predicted molar refractivity (Wildman–Crippen MR) is 162 cm³/mol. The number of aliphatic hydroxyl groups is 1. The molecule has 5 unspecified atom stereocenters. The number of hydrogen-bond acceptors (Lipinski definition) is 3. The van der Waals surface area contributed by atoms with Crippen molar-refractivity contribution in [3.05, 3.63) is 12.7 Å². The number of rotatable bonds is 13. The van der Waals surface area contributed by atoms with Gasteiger partial charge in [0.25, 0.3) is 0 Å². The Labute approximate surface area is 241 Å². The molecule has 0 bridgehead atoms. The first-order chi connectivity index (χ1) is 18.6. The van der Waals surface area contributed by atoms with Crippen LogP contribution in [0.1, 0.15) is 131 Å². The summed E-state index contributed by atoms with van der Waals surface area (Å²) in [5, 5.41) is 9.72. The van der Waals surface area contributed by atoms with Crippen LogP contribution in [0, 0.1) is 64.1 Å². The molecule has 1 N–H and O–H groups in total. The maximum atomic E-state index is 11.4. The minimum absolute atomic E-state index is 0.0582. The van der Waals surface area contributed by atoms with Crippen LogP contribution in [0.25, 0.3) is 0 Å². The Balaban J connectivity index is 1.29. The lowest BCUT2D eigenvalue weighted by Gasteiger charge is -2.61. The Kier molecular flexibility index (Phi) is 10.7. The highest BCUT2D eigenvalue weighted by molar-refractivity contribution is 5.81. The van der Waals surface area contributed by atoms with Crippen LogP contribution < -0.4 is 0 Å². The van der Waals surface area contributed by atoms with Crippen molar-refractivity contribution in [1.29, 1.82) is 0 Å². The van der Waals surface area contributed by atoms with Crippen LogP contribution in [0.5, 0.6) is 0 Å². The van der Waals surface area contributed by atoms with Gasteiger partial charge in [0.1, 0.15) is 0 Å². The van der Waals surface area contributed by atoms with E-state index in [9.17, 15) is 9.90 Å². The summed E-state index contributed by atoms with van der Waals surface area (Å²) < 4.78 is 5.19. The molecule has 224 valence electrons. The summed E-state index contributed by atoms with van der Waals surface area (Å²) >= 11 is 0. The summed E-state index contributed by atoms with van der Waals surface area (Å²) in [4.78, 5) is 11.4. The van der Waals surface area contributed by atoms with Gasteiger partial charge in [0, 0.05) is 18.6 Å². The fourth-order valence-electron chi connectivity index (χ4n) is 10.8. The van der Waals surface area contributed by atoms with Gasteiger partial charge in [-0.05, 0) is 122 Å². The molecule has 0 radical (unpaired) electrons. The second-order valence-corrected chi connectivity index (χ2v) is 15.6. The lowest BCUT2D eigenvalue weighted by atomic mass is 9.44. The van der Waals surface area contributed by atoms with Crippen molar-refractivity contribution in [2.75, 3.05) is 13.2 Å². The molecule has 0 amide bonds. The van der Waals surface area contributed by atoms with Crippen molar-refractivity contribution >= 4 is 5.97 Å². The molecule has 4 aliphatic carbocycles. The molecule has 0 heterocycles. The summed E-state index contributed by atoms with van der Waals surface area (Å²) in [6, 6.07) is 0. The molecular formula is C36H62O3. The molecule has 0 aromatic rings. The smallest absolute Gasteiger partial charge is 0.330 e. The normalized spacial score (nSPS) is 39.4. The zero-order valence-corrected chi connectivity index (χ0v) is 26.3. The minimum Gasteiger partial charge on any atom is -0.462 e. The van der Waals surface area contributed by atoms with Crippen LogP contribution >= 0.6 is 0 Å². The molecule has 3 heteroatoms. The first kappa shape index (κ1) is 31.1. The van der Waals surface area contributed by atoms with E-state index in [0.717, 1.165) is 60.2 Å². The lowest BCUT2D eigenvalue weighted by molar-refractivity contribution is -0.139. The fraction of sp³-hybridized carbons (Fsp3) is 0.917. The third-order valence-electron chi connectivity index (χ3n) is 13.1. The van der Waals surface area contributed by atoms with E-state index in [1.807, 2.05) is 0 Å². The summed E-state index contributed by atoms with van der Waals surface area (Å²) in [6.07, 6.45) is 22.0. The highest BCUT2D eigenvalue weighted by atomic mass is 16.5. The summed E-state index contributed by atoms with van der Waals surface area (Å²) in [7, 11) is 0. The number of aliphatic hydroxyl groups excluding tert-OH is 1. The van der Waals surface area contributed by atoms with Crippen molar-refractivity contribution in [3.8, 4) is 0 Å². The minimum atomic E-state index is -0.386. The quantitative estimate of drug-likeness (QED) is 0.186. The summed E-state index contributed by atoms with van der Waals surface area (Å²) in [5.74, 6) is 7.05. The Morgan fingerprint density at radius 3 is 2.41 bits per heavy atom. The first-order valence-corrected chi connectivity index (χ1v) is 17.0. The van der Waals surface area contributed by atoms with Crippen molar-refractivity contribution in [2.45, 2.75) is 131 Å².